The van der Waals surface area contributed by atoms with Crippen LogP contribution in [0.3, 0.4) is 0 Å². The third-order valence-electron chi connectivity index (χ3n) is 2.97. The van der Waals surface area contributed by atoms with E-state index in [2.05, 4.69) is 11.8 Å². The molecule has 0 unspecified atom stereocenters. The van der Waals surface area contributed by atoms with Gasteiger partial charge in [0.15, 0.2) is 0 Å². The summed E-state index contributed by atoms with van der Waals surface area (Å²) >= 11 is 0. The Hall–Kier alpha value is -0.570. The molecule has 2 atom stereocenters. The summed E-state index contributed by atoms with van der Waals surface area (Å²) in [6.07, 6.45) is 2.37. The molecule has 3 nitrogen and oxygen atoms in total. The second-order valence-electron chi connectivity index (χ2n) is 4.77. The number of rotatable bonds is 3. The predicted molar refractivity (Wildman–Crippen MR) is 56.2 cm³/mol. The van der Waals surface area contributed by atoms with Crippen molar-refractivity contribution in [1.82, 2.24) is 4.90 Å². The number of hydrogen-bond donors (Lipinski definition) is 1. The molecule has 0 aliphatic carbocycles. The number of carbonyl (C=O) groups is 1. The Morgan fingerprint density at radius 3 is 2.57 bits per heavy atom. The first-order valence-corrected chi connectivity index (χ1v) is 5.49. The molecule has 0 amide bonds. The van der Waals surface area contributed by atoms with Crippen LogP contribution in [-0.4, -0.2) is 35.1 Å². The molecule has 0 aromatic carbocycles. The van der Waals surface area contributed by atoms with E-state index in [4.69, 9.17) is 5.11 Å². The number of nitrogens with zero attached hydrogens (tertiary/aromatic N) is 1. The average Bonchev–Trinajstić information content (AvgIpc) is 2.02. The Kier molecular flexibility index (Phi) is 3.93. The van der Waals surface area contributed by atoms with E-state index in [0.29, 0.717) is 5.92 Å². The van der Waals surface area contributed by atoms with E-state index in [1.165, 1.54) is 6.42 Å². The highest BCUT2D eigenvalue weighted by Gasteiger charge is 2.31. The molecule has 0 aromatic heterocycles. The van der Waals surface area contributed by atoms with Gasteiger partial charge in [0.05, 0.1) is 0 Å². The number of carboxylic acid groups (broad SMARTS) is 1. The van der Waals surface area contributed by atoms with Crippen molar-refractivity contribution >= 4 is 5.97 Å². The lowest BCUT2D eigenvalue weighted by Crippen LogP contribution is -2.48. The van der Waals surface area contributed by atoms with Gasteiger partial charge in [-0.25, -0.2) is 0 Å². The quantitative estimate of drug-likeness (QED) is 0.754. The fourth-order valence-electron chi connectivity index (χ4n) is 2.34. The second-order valence-corrected chi connectivity index (χ2v) is 4.77. The van der Waals surface area contributed by atoms with Crippen LogP contribution in [0, 0.1) is 11.8 Å². The molecule has 0 saturated carbocycles. The van der Waals surface area contributed by atoms with Crippen LogP contribution in [0.1, 0.15) is 33.6 Å². The Balaban J connectivity index is 2.63. The van der Waals surface area contributed by atoms with E-state index in [0.717, 1.165) is 19.5 Å². The van der Waals surface area contributed by atoms with Gasteiger partial charge in [0.25, 0.3) is 0 Å². The molecule has 3 heteroatoms. The lowest BCUT2D eigenvalue weighted by atomic mass is 9.95. The number of hydrogen-bond acceptors (Lipinski definition) is 2. The first kappa shape index (κ1) is 11.5. The van der Waals surface area contributed by atoms with Gasteiger partial charge in [0, 0.05) is 6.54 Å². The summed E-state index contributed by atoms with van der Waals surface area (Å²) in [6, 6.07) is -0.294. The molecule has 0 bridgehead atoms. The van der Waals surface area contributed by atoms with E-state index in [9.17, 15) is 4.79 Å². The number of carboxylic acids is 1. The lowest BCUT2D eigenvalue weighted by Gasteiger charge is -2.36. The zero-order valence-corrected chi connectivity index (χ0v) is 9.36. The lowest BCUT2D eigenvalue weighted by molar-refractivity contribution is -0.145. The van der Waals surface area contributed by atoms with Crippen molar-refractivity contribution in [1.29, 1.82) is 0 Å². The molecule has 0 spiro atoms. The minimum atomic E-state index is -0.672. The standard InChI is InChI=1S/C11H21NO2/c1-8(2)10(11(13)14)12-6-4-5-9(3)7-12/h8-10H,4-7H2,1-3H3,(H,13,14)/t9-,10-/m0/s1. The summed E-state index contributed by atoms with van der Waals surface area (Å²) in [6.45, 7) is 8.05. The van der Waals surface area contributed by atoms with Crippen molar-refractivity contribution in [2.75, 3.05) is 13.1 Å². The summed E-state index contributed by atoms with van der Waals surface area (Å²) in [4.78, 5) is 13.2. The third-order valence-corrected chi connectivity index (χ3v) is 2.97. The molecule has 1 fully saturated rings. The van der Waals surface area contributed by atoms with Gasteiger partial charge < -0.3 is 5.11 Å². The molecule has 0 aromatic rings. The number of likely N-dealkylation sites (tertiary alicyclic amines) is 1. The average molecular weight is 199 g/mol. The van der Waals surface area contributed by atoms with E-state index in [-0.39, 0.29) is 12.0 Å². The van der Waals surface area contributed by atoms with Gasteiger partial charge in [-0.05, 0) is 31.2 Å². The summed E-state index contributed by atoms with van der Waals surface area (Å²) < 4.78 is 0. The Bertz CT molecular complexity index is 203. The molecule has 14 heavy (non-hydrogen) atoms. The smallest absolute Gasteiger partial charge is 0.321 e. The minimum absolute atomic E-state index is 0.192. The molecule has 1 aliphatic heterocycles. The third kappa shape index (κ3) is 2.71. The van der Waals surface area contributed by atoms with Gasteiger partial charge in [0.1, 0.15) is 6.04 Å². The van der Waals surface area contributed by atoms with E-state index in [1.54, 1.807) is 0 Å². The van der Waals surface area contributed by atoms with Gasteiger partial charge >= 0.3 is 5.97 Å². The van der Waals surface area contributed by atoms with Gasteiger partial charge in [-0.1, -0.05) is 20.8 Å². The summed E-state index contributed by atoms with van der Waals surface area (Å²) in [5.74, 6) is 0.163. The highest BCUT2D eigenvalue weighted by molar-refractivity contribution is 5.73. The van der Waals surface area contributed by atoms with Gasteiger partial charge in [-0.15, -0.1) is 0 Å². The molecule has 1 saturated heterocycles. The minimum Gasteiger partial charge on any atom is -0.480 e. The number of piperidine rings is 1. The first-order chi connectivity index (χ1) is 6.52. The van der Waals surface area contributed by atoms with Gasteiger partial charge in [0.2, 0.25) is 0 Å². The van der Waals surface area contributed by atoms with Crippen LogP contribution in [0.2, 0.25) is 0 Å². The molecular formula is C11H21NO2. The maximum Gasteiger partial charge on any atom is 0.321 e. The highest BCUT2D eigenvalue weighted by atomic mass is 16.4. The molecule has 1 aliphatic rings. The fourth-order valence-corrected chi connectivity index (χ4v) is 2.34. The normalized spacial score (nSPS) is 26.4. The summed E-state index contributed by atoms with van der Waals surface area (Å²) in [5.41, 5.74) is 0. The summed E-state index contributed by atoms with van der Waals surface area (Å²) in [5, 5.41) is 9.14. The van der Waals surface area contributed by atoms with Crippen molar-refractivity contribution in [3.05, 3.63) is 0 Å². The van der Waals surface area contributed by atoms with E-state index >= 15 is 0 Å². The topological polar surface area (TPSA) is 40.5 Å². The van der Waals surface area contributed by atoms with Crippen molar-refractivity contribution < 1.29 is 9.90 Å². The SMILES string of the molecule is CC(C)[C@@H](C(=O)O)N1CCC[C@H](C)C1. The van der Waals surface area contributed by atoms with E-state index in [1.807, 2.05) is 13.8 Å². The maximum atomic E-state index is 11.1. The maximum absolute atomic E-state index is 11.1. The van der Waals surface area contributed by atoms with Crippen LogP contribution in [0.4, 0.5) is 0 Å². The van der Waals surface area contributed by atoms with Crippen LogP contribution in [-0.2, 0) is 4.79 Å². The first-order valence-electron chi connectivity index (χ1n) is 5.49. The second kappa shape index (κ2) is 4.78. The Morgan fingerprint density at radius 2 is 2.14 bits per heavy atom. The molecule has 82 valence electrons. The van der Waals surface area contributed by atoms with Crippen molar-refractivity contribution in [3.8, 4) is 0 Å². The molecular weight excluding hydrogens is 178 g/mol. The van der Waals surface area contributed by atoms with Crippen molar-refractivity contribution in [2.24, 2.45) is 11.8 Å². The van der Waals surface area contributed by atoms with Crippen LogP contribution >= 0.6 is 0 Å². The molecule has 1 rings (SSSR count). The van der Waals surface area contributed by atoms with Gasteiger partial charge in [-0.3, -0.25) is 9.69 Å². The van der Waals surface area contributed by atoms with Crippen molar-refractivity contribution in [3.63, 3.8) is 0 Å². The highest BCUT2D eigenvalue weighted by Crippen LogP contribution is 2.21. The molecule has 0 radical (unpaired) electrons. The van der Waals surface area contributed by atoms with Crippen molar-refractivity contribution in [2.45, 2.75) is 39.7 Å². The number of aliphatic carboxylic acids is 1. The Labute approximate surface area is 86.1 Å². The Morgan fingerprint density at radius 1 is 1.50 bits per heavy atom. The predicted octanol–water partition coefficient (Wildman–Crippen LogP) is 1.83. The molecule has 1 heterocycles. The zero-order valence-electron chi connectivity index (χ0n) is 9.36. The largest absolute Gasteiger partial charge is 0.480 e. The fraction of sp³-hybridized carbons (Fsp3) is 0.909. The van der Waals surface area contributed by atoms with Crippen LogP contribution < -0.4 is 0 Å². The van der Waals surface area contributed by atoms with E-state index < -0.39 is 5.97 Å². The van der Waals surface area contributed by atoms with Crippen LogP contribution in [0.15, 0.2) is 0 Å². The van der Waals surface area contributed by atoms with Crippen LogP contribution in [0.25, 0.3) is 0 Å². The monoisotopic (exact) mass is 199 g/mol. The molecule has 1 N–H and O–H groups in total. The van der Waals surface area contributed by atoms with Gasteiger partial charge in [-0.2, -0.15) is 0 Å². The summed E-state index contributed by atoms with van der Waals surface area (Å²) in [7, 11) is 0. The zero-order chi connectivity index (χ0) is 10.7. The van der Waals surface area contributed by atoms with Crippen LogP contribution in [0.5, 0.6) is 0 Å².